The highest BCUT2D eigenvalue weighted by atomic mass is 35.5. The maximum atomic E-state index is 12.5. The first-order valence-electron chi connectivity index (χ1n) is 8.44. The number of rotatable bonds is 7. The van der Waals surface area contributed by atoms with Crippen molar-refractivity contribution in [3.8, 4) is 5.75 Å². The molecule has 134 valence electrons. The molecule has 0 aliphatic rings. The maximum absolute atomic E-state index is 12.5. The van der Waals surface area contributed by atoms with Crippen LogP contribution >= 0.6 is 11.6 Å². The molecule has 3 rings (SSSR count). The molecule has 6 heteroatoms. The van der Waals surface area contributed by atoms with Crippen LogP contribution in [0.5, 0.6) is 5.75 Å². The zero-order valence-electron chi connectivity index (χ0n) is 14.4. The molecule has 0 aliphatic carbocycles. The van der Waals surface area contributed by atoms with Gasteiger partial charge in [-0.25, -0.2) is 4.68 Å². The zero-order chi connectivity index (χ0) is 18.4. The van der Waals surface area contributed by atoms with Gasteiger partial charge in [-0.15, -0.1) is 0 Å². The van der Waals surface area contributed by atoms with E-state index in [-0.39, 0.29) is 18.7 Å². The Balaban J connectivity index is 1.61. The molecule has 0 bridgehead atoms. The maximum Gasteiger partial charge on any atom is 0.272 e. The Morgan fingerprint density at radius 3 is 2.62 bits per heavy atom. The fourth-order valence-corrected chi connectivity index (χ4v) is 2.78. The molecule has 26 heavy (non-hydrogen) atoms. The monoisotopic (exact) mass is 369 g/mol. The van der Waals surface area contributed by atoms with Crippen LogP contribution in [0.3, 0.4) is 0 Å². The molecule has 0 fully saturated rings. The van der Waals surface area contributed by atoms with Crippen LogP contribution < -0.4 is 10.1 Å². The van der Waals surface area contributed by atoms with E-state index in [9.17, 15) is 4.79 Å². The largest absolute Gasteiger partial charge is 0.470 e. The zero-order valence-corrected chi connectivity index (χ0v) is 15.2. The van der Waals surface area contributed by atoms with Crippen LogP contribution in [0.1, 0.15) is 35.4 Å². The SMILES string of the molecule is CCC(NC(=O)c1ccn(COc2ccccc2Cl)n1)c1ccccc1. The summed E-state index contributed by atoms with van der Waals surface area (Å²) in [7, 11) is 0. The number of halogens is 1. The van der Waals surface area contributed by atoms with Gasteiger partial charge in [-0.05, 0) is 30.2 Å². The predicted molar refractivity (Wildman–Crippen MR) is 101 cm³/mol. The van der Waals surface area contributed by atoms with Crippen molar-refractivity contribution in [2.24, 2.45) is 0 Å². The van der Waals surface area contributed by atoms with Crippen LogP contribution in [0.25, 0.3) is 0 Å². The molecule has 1 aromatic heterocycles. The molecule has 0 saturated heterocycles. The van der Waals surface area contributed by atoms with Gasteiger partial charge in [0.1, 0.15) is 11.4 Å². The van der Waals surface area contributed by atoms with Gasteiger partial charge in [0, 0.05) is 6.20 Å². The molecule has 0 saturated carbocycles. The summed E-state index contributed by atoms with van der Waals surface area (Å²) in [5, 5.41) is 7.82. The van der Waals surface area contributed by atoms with Gasteiger partial charge in [-0.1, -0.05) is 61.0 Å². The summed E-state index contributed by atoms with van der Waals surface area (Å²) in [5.41, 5.74) is 1.42. The van der Waals surface area contributed by atoms with E-state index < -0.39 is 0 Å². The second-order valence-corrected chi connectivity index (χ2v) is 6.20. The number of benzene rings is 2. The lowest BCUT2D eigenvalue weighted by molar-refractivity contribution is 0.0928. The Morgan fingerprint density at radius 1 is 1.15 bits per heavy atom. The third-order valence-electron chi connectivity index (χ3n) is 3.98. The third-order valence-corrected chi connectivity index (χ3v) is 4.29. The molecule has 0 radical (unpaired) electrons. The average molecular weight is 370 g/mol. The quantitative estimate of drug-likeness (QED) is 0.669. The fraction of sp³-hybridized carbons (Fsp3) is 0.200. The number of carbonyl (C=O) groups excluding carboxylic acids is 1. The predicted octanol–water partition coefficient (Wildman–Crippen LogP) is 4.45. The van der Waals surface area contributed by atoms with Crippen molar-refractivity contribution < 1.29 is 9.53 Å². The second-order valence-electron chi connectivity index (χ2n) is 5.79. The first-order valence-corrected chi connectivity index (χ1v) is 8.81. The van der Waals surface area contributed by atoms with Crippen molar-refractivity contribution in [1.29, 1.82) is 0 Å². The molecule has 1 amide bonds. The van der Waals surface area contributed by atoms with Crippen LogP contribution in [-0.2, 0) is 6.73 Å². The molecule has 5 nitrogen and oxygen atoms in total. The van der Waals surface area contributed by atoms with E-state index in [1.807, 2.05) is 49.4 Å². The van der Waals surface area contributed by atoms with Crippen molar-refractivity contribution in [2.45, 2.75) is 26.1 Å². The highest BCUT2D eigenvalue weighted by Crippen LogP contribution is 2.23. The van der Waals surface area contributed by atoms with Crippen LogP contribution in [0.4, 0.5) is 0 Å². The Kier molecular flexibility index (Phi) is 5.92. The van der Waals surface area contributed by atoms with Crippen LogP contribution in [0.15, 0.2) is 66.9 Å². The normalized spacial score (nSPS) is 11.8. The van der Waals surface area contributed by atoms with E-state index in [4.69, 9.17) is 16.3 Å². The summed E-state index contributed by atoms with van der Waals surface area (Å²) < 4.78 is 7.18. The Morgan fingerprint density at radius 2 is 1.88 bits per heavy atom. The molecule has 3 aromatic rings. The number of ether oxygens (including phenoxy) is 1. The van der Waals surface area contributed by atoms with Crippen molar-refractivity contribution in [3.63, 3.8) is 0 Å². The Labute approximate surface area is 157 Å². The van der Waals surface area contributed by atoms with E-state index in [0.717, 1.165) is 12.0 Å². The number of amides is 1. The summed E-state index contributed by atoms with van der Waals surface area (Å²) >= 11 is 6.06. The Hall–Kier alpha value is -2.79. The lowest BCUT2D eigenvalue weighted by Crippen LogP contribution is -2.28. The minimum atomic E-state index is -0.211. The lowest BCUT2D eigenvalue weighted by atomic mass is 10.0. The number of nitrogens with zero attached hydrogens (tertiary/aromatic N) is 2. The van der Waals surface area contributed by atoms with E-state index >= 15 is 0 Å². The van der Waals surface area contributed by atoms with Crippen molar-refractivity contribution in [1.82, 2.24) is 15.1 Å². The van der Waals surface area contributed by atoms with Gasteiger partial charge in [0.05, 0.1) is 11.1 Å². The fourth-order valence-electron chi connectivity index (χ4n) is 2.59. The van der Waals surface area contributed by atoms with E-state index in [2.05, 4.69) is 10.4 Å². The van der Waals surface area contributed by atoms with Gasteiger partial charge >= 0.3 is 0 Å². The highest BCUT2D eigenvalue weighted by molar-refractivity contribution is 6.32. The summed E-state index contributed by atoms with van der Waals surface area (Å²) in [4.78, 5) is 12.5. The van der Waals surface area contributed by atoms with Crippen molar-refractivity contribution in [3.05, 3.63) is 83.1 Å². The minimum Gasteiger partial charge on any atom is -0.470 e. The number of hydrogen-bond acceptors (Lipinski definition) is 3. The summed E-state index contributed by atoms with van der Waals surface area (Å²) in [6.07, 6.45) is 2.50. The van der Waals surface area contributed by atoms with Gasteiger partial charge in [0.15, 0.2) is 6.73 Å². The van der Waals surface area contributed by atoms with E-state index in [0.29, 0.717) is 16.5 Å². The van der Waals surface area contributed by atoms with Crippen LogP contribution in [-0.4, -0.2) is 15.7 Å². The van der Waals surface area contributed by atoms with Crippen molar-refractivity contribution >= 4 is 17.5 Å². The highest BCUT2D eigenvalue weighted by Gasteiger charge is 2.16. The number of carbonyl (C=O) groups is 1. The molecular formula is C20H20ClN3O2. The van der Waals surface area contributed by atoms with E-state index in [1.165, 1.54) is 0 Å². The molecule has 1 heterocycles. The average Bonchev–Trinajstić information content (AvgIpc) is 3.15. The second kappa shape index (κ2) is 8.54. The molecule has 1 N–H and O–H groups in total. The molecular weight excluding hydrogens is 350 g/mol. The third kappa shape index (κ3) is 4.43. The number of aromatic nitrogens is 2. The number of hydrogen-bond donors (Lipinski definition) is 1. The molecule has 0 spiro atoms. The van der Waals surface area contributed by atoms with Gasteiger partial charge in [-0.2, -0.15) is 5.10 Å². The lowest BCUT2D eigenvalue weighted by Gasteiger charge is -2.16. The van der Waals surface area contributed by atoms with Gasteiger partial charge in [0.2, 0.25) is 0 Å². The molecule has 0 aliphatic heterocycles. The first-order chi connectivity index (χ1) is 12.7. The first kappa shape index (κ1) is 18.0. The number of nitrogens with one attached hydrogen (secondary N) is 1. The van der Waals surface area contributed by atoms with Crippen LogP contribution in [0, 0.1) is 0 Å². The summed E-state index contributed by atoms with van der Waals surface area (Å²) in [5.74, 6) is 0.364. The van der Waals surface area contributed by atoms with Crippen molar-refractivity contribution in [2.75, 3.05) is 0 Å². The smallest absolute Gasteiger partial charge is 0.272 e. The van der Waals surface area contributed by atoms with Gasteiger partial charge < -0.3 is 10.1 Å². The summed E-state index contributed by atoms with van der Waals surface area (Å²) in [6, 6.07) is 18.7. The Bertz CT molecular complexity index is 864. The van der Waals surface area contributed by atoms with Crippen LogP contribution in [0.2, 0.25) is 5.02 Å². The minimum absolute atomic E-state index is 0.0479. The summed E-state index contributed by atoms with van der Waals surface area (Å²) in [6.45, 7) is 2.21. The topological polar surface area (TPSA) is 56.2 Å². The number of para-hydroxylation sites is 1. The van der Waals surface area contributed by atoms with E-state index in [1.54, 1.807) is 29.1 Å². The van der Waals surface area contributed by atoms with Gasteiger partial charge in [0.25, 0.3) is 5.91 Å². The molecule has 1 unspecified atom stereocenters. The van der Waals surface area contributed by atoms with Gasteiger partial charge in [-0.3, -0.25) is 4.79 Å². The molecule has 1 atom stereocenters. The standard InChI is InChI=1S/C20H20ClN3O2/c1-2-17(15-8-4-3-5-9-15)22-20(25)18-12-13-24(23-18)14-26-19-11-7-6-10-16(19)21/h3-13,17H,2,14H2,1H3,(H,22,25). The molecule has 2 aromatic carbocycles.